The second kappa shape index (κ2) is 2.86. The highest BCUT2D eigenvalue weighted by atomic mass is 16.4. The van der Waals surface area contributed by atoms with E-state index < -0.39 is 11.9 Å². The van der Waals surface area contributed by atoms with Gasteiger partial charge in [-0.25, -0.2) is 0 Å². The summed E-state index contributed by atoms with van der Waals surface area (Å²) >= 11 is 0. The lowest BCUT2D eigenvalue weighted by Crippen LogP contribution is -2.37. The van der Waals surface area contributed by atoms with E-state index in [-0.39, 0.29) is 11.7 Å². The Morgan fingerprint density at radius 2 is 1.91 bits per heavy atom. The van der Waals surface area contributed by atoms with Crippen molar-refractivity contribution in [3.05, 3.63) is 12.7 Å². The van der Waals surface area contributed by atoms with E-state index in [0.717, 1.165) is 0 Å². The van der Waals surface area contributed by atoms with Crippen molar-refractivity contribution in [2.75, 3.05) is 0 Å². The van der Waals surface area contributed by atoms with Gasteiger partial charge in [0.2, 0.25) is 0 Å². The number of rotatable bonds is 3. The lowest BCUT2D eigenvalue weighted by molar-refractivity contribution is -0.150. The Labute approximate surface area is 64.7 Å². The number of carboxylic acid groups (broad SMARTS) is 1. The van der Waals surface area contributed by atoms with Gasteiger partial charge in [-0.15, -0.1) is 0 Å². The molecule has 0 radical (unpaired) electrons. The number of hydrogen-bond acceptors (Lipinski definition) is 2. The van der Waals surface area contributed by atoms with Crippen LogP contribution >= 0.6 is 0 Å². The van der Waals surface area contributed by atoms with Gasteiger partial charge in [0, 0.05) is 5.92 Å². The van der Waals surface area contributed by atoms with E-state index in [0.29, 0.717) is 12.8 Å². The molecule has 0 spiro atoms. The molecule has 2 atom stereocenters. The van der Waals surface area contributed by atoms with Crippen LogP contribution < -0.4 is 0 Å². The van der Waals surface area contributed by atoms with E-state index in [2.05, 4.69) is 6.58 Å². The maximum absolute atomic E-state index is 10.9. The molecule has 60 valence electrons. The molecule has 0 heterocycles. The topological polar surface area (TPSA) is 54.4 Å². The zero-order chi connectivity index (χ0) is 8.43. The van der Waals surface area contributed by atoms with Gasteiger partial charge in [0.1, 0.15) is 0 Å². The summed E-state index contributed by atoms with van der Waals surface area (Å²) in [6, 6.07) is 0. The second-order valence-corrected chi connectivity index (χ2v) is 2.74. The van der Waals surface area contributed by atoms with Crippen LogP contribution in [-0.2, 0) is 9.59 Å². The normalized spacial score (nSPS) is 28.7. The number of ketones is 1. The van der Waals surface area contributed by atoms with Gasteiger partial charge < -0.3 is 5.11 Å². The molecule has 3 heteroatoms. The first-order valence-electron chi connectivity index (χ1n) is 3.56. The first-order chi connectivity index (χ1) is 5.16. The van der Waals surface area contributed by atoms with Crippen LogP contribution in [0.15, 0.2) is 12.7 Å². The van der Waals surface area contributed by atoms with Crippen LogP contribution in [0.25, 0.3) is 0 Å². The molecule has 1 aliphatic carbocycles. The highest BCUT2D eigenvalue weighted by Gasteiger charge is 2.39. The summed E-state index contributed by atoms with van der Waals surface area (Å²) in [4.78, 5) is 21.4. The number of hydrogen-bond donors (Lipinski definition) is 1. The third kappa shape index (κ3) is 1.31. The highest BCUT2D eigenvalue weighted by molar-refractivity contribution is 5.95. The number of carboxylic acids is 1. The van der Waals surface area contributed by atoms with Gasteiger partial charge in [0.15, 0.2) is 5.78 Å². The summed E-state index contributed by atoms with van der Waals surface area (Å²) in [5, 5.41) is 8.56. The third-order valence-electron chi connectivity index (χ3n) is 2.16. The molecule has 1 aliphatic rings. The Hall–Kier alpha value is -1.12. The minimum atomic E-state index is -0.864. The number of allylic oxidation sites excluding steroid dienone is 1. The van der Waals surface area contributed by atoms with E-state index in [4.69, 9.17) is 5.11 Å². The first kappa shape index (κ1) is 7.98. The van der Waals surface area contributed by atoms with Crippen molar-refractivity contribution in [1.29, 1.82) is 0 Å². The Morgan fingerprint density at radius 1 is 1.36 bits per heavy atom. The Morgan fingerprint density at radius 3 is 2.18 bits per heavy atom. The Bertz CT molecular complexity index is 207. The standard InChI is InChI=1S/C8H10O3/c1-2-7(9)5-3-4-6(5)8(10)11/h2,5-6H,1,3-4H2,(H,10,11)/t5-,6+/m0/s1. The predicted molar refractivity (Wildman–Crippen MR) is 39.1 cm³/mol. The molecule has 1 rings (SSSR count). The highest BCUT2D eigenvalue weighted by Crippen LogP contribution is 2.35. The largest absolute Gasteiger partial charge is 0.481 e. The fourth-order valence-corrected chi connectivity index (χ4v) is 1.29. The van der Waals surface area contributed by atoms with Crippen molar-refractivity contribution < 1.29 is 14.7 Å². The molecule has 1 saturated carbocycles. The third-order valence-corrected chi connectivity index (χ3v) is 2.16. The molecule has 0 amide bonds. The molecule has 0 aromatic heterocycles. The zero-order valence-electron chi connectivity index (χ0n) is 6.12. The fourth-order valence-electron chi connectivity index (χ4n) is 1.29. The molecular weight excluding hydrogens is 144 g/mol. The van der Waals surface area contributed by atoms with Crippen LogP contribution in [0.3, 0.4) is 0 Å². The fraction of sp³-hybridized carbons (Fsp3) is 0.500. The molecule has 1 fully saturated rings. The molecule has 1 N–H and O–H groups in total. The predicted octanol–water partition coefficient (Wildman–Crippen LogP) is 0.852. The molecule has 0 unspecified atom stereocenters. The molecule has 0 aromatic rings. The van der Waals surface area contributed by atoms with Crippen LogP contribution in [0, 0.1) is 11.8 Å². The van der Waals surface area contributed by atoms with Gasteiger partial charge in [-0.1, -0.05) is 6.58 Å². The molecule has 0 aromatic carbocycles. The quantitative estimate of drug-likeness (QED) is 0.613. The zero-order valence-corrected chi connectivity index (χ0v) is 6.12. The average Bonchev–Trinajstić information content (AvgIpc) is 1.83. The monoisotopic (exact) mass is 154 g/mol. The van der Waals surface area contributed by atoms with Crippen LogP contribution in [-0.4, -0.2) is 16.9 Å². The minimum absolute atomic E-state index is 0.136. The lowest BCUT2D eigenvalue weighted by Gasteiger charge is -2.30. The molecule has 0 saturated heterocycles. The molecule has 0 aliphatic heterocycles. The lowest BCUT2D eigenvalue weighted by atomic mass is 9.71. The smallest absolute Gasteiger partial charge is 0.307 e. The van der Waals surface area contributed by atoms with Gasteiger partial charge in [-0.3, -0.25) is 9.59 Å². The van der Waals surface area contributed by atoms with E-state index in [9.17, 15) is 9.59 Å². The van der Waals surface area contributed by atoms with Gasteiger partial charge in [0.05, 0.1) is 5.92 Å². The van der Waals surface area contributed by atoms with E-state index in [1.807, 2.05) is 0 Å². The number of carbonyl (C=O) groups is 2. The Balaban J connectivity index is 2.56. The first-order valence-corrected chi connectivity index (χ1v) is 3.56. The van der Waals surface area contributed by atoms with Gasteiger partial charge in [0.25, 0.3) is 0 Å². The van der Waals surface area contributed by atoms with Crippen molar-refractivity contribution >= 4 is 11.8 Å². The van der Waals surface area contributed by atoms with E-state index >= 15 is 0 Å². The van der Waals surface area contributed by atoms with Crippen LogP contribution in [0.5, 0.6) is 0 Å². The average molecular weight is 154 g/mol. The maximum Gasteiger partial charge on any atom is 0.307 e. The Kier molecular flexibility index (Phi) is 2.08. The SMILES string of the molecule is C=CC(=O)[C@H]1CC[C@H]1C(=O)O. The van der Waals surface area contributed by atoms with Gasteiger partial charge in [-0.2, -0.15) is 0 Å². The molecule has 11 heavy (non-hydrogen) atoms. The van der Waals surface area contributed by atoms with E-state index in [1.54, 1.807) is 0 Å². The summed E-state index contributed by atoms with van der Waals surface area (Å²) in [7, 11) is 0. The minimum Gasteiger partial charge on any atom is -0.481 e. The van der Waals surface area contributed by atoms with Crippen molar-refractivity contribution in [1.82, 2.24) is 0 Å². The number of aliphatic carboxylic acids is 1. The molecule has 3 nitrogen and oxygen atoms in total. The maximum atomic E-state index is 10.9. The van der Waals surface area contributed by atoms with Crippen molar-refractivity contribution in [2.45, 2.75) is 12.8 Å². The molecular formula is C8H10O3. The van der Waals surface area contributed by atoms with Gasteiger partial charge in [-0.05, 0) is 18.9 Å². The summed E-state index contributed by atoms with van der Waals surface area (Å²) in [5.41, 5.74) is 0. The number of carbonyl (C=O) groups excluding carboxylic acids is 1. The van der Waals surface area contributed by atoms with E-state index in [1.165, 1.54) is 6.08 Å². The summed E-state index contributed by atoms with van der Waals surface area (Å²) in [6.07, 6.45) is 2.53. The van der Waals surface area contributed by atoms with Crippen LogP contribution in [0.4, 0.5) is 0 Å². The second-order valence-electron chi connectivity index (χ2n) is 2.74. The van der Waals surface area contributed by atoms with Gasteiger partial charge >= 0.3 is 5.97 Å². The van der Waals surface area contributed by atoms with Crippen molar-refractivity contribution in [2.24, 2.45) is 11.8 Å². The summed E-state index contributed by atoms with van der Waals surface area (Å²) < 4.78 is 0. The van der Waals surface area contributed by atoms with Crippen molar-refractivity contribution in [3.8, 4) is 0 Å². The van der Waals surface area contributed by atoms with Crippen LogP contribution in [0.2, 0.25) is 0 Å². The summed E-state index contributed by atoms with van der Waals surface area (Å²) in [5.74, 6) is -1.76. The molecule has 0 bridgehead atoms. The van der Waals surface area contributed by atoms with Crippen LogP contribution in [0.1, 0.15) is 12.8 Å². The van der Waals surface area contributed by atoms with Crippen molar-refractivity contribution in [3.63, 3.8) is 0 Å². The summed E-state index contributed by atoms with van der Waals surface area (Å²) in [6.45, 7) is 3.31.